The molecular weight excluding hydrogens is 400 g/mol. The zero-order valence-electron chi connectivity index (χ0n) is 18.5. The zero-order valence-corrected chi connectivity index (χ0v) is 19.3. The fourth-order valence-electron chi connectivity index (χ4n) is 3.73. The fraction of sp³-hybridized carbons (Fsp3) is 0.409. The number of carbonyl (C=O) groups is 1. The minimum absolute atomic E-state index is 0.164. The number of anilines is 1. The Labute approximate surface area is 178 Å². The maximum Gasteiger partial charge on any atom is 0.256 e. The van der Waals surface area contributed by atoms with Crippen molar-refractivity contribution in [3.05, 3.63) is 46.3 Å². The van der Waals surface area contributed by atoms with Crippen molar-refractivity contribution in [3.8, 4) is 0 Å². The fourth-order valence-corrected chi connectivity index (χ4v) is 4.66. The molecule has 0 saturated carbocycles. The summed E-state index contributed by atoms with van der Waals surface area (Å²) < 4.78 is 26.2. The number of hydrogen-bond acceptors (Lipinski definition) is 4. The highest BCUT2D eigenvalue weighted by atomic mass is 32.2. The lowest BCUT2D eigenvalue weighted by molar-refractivity contribution is -0.110. The lowest BCUT2D eigenvalue weighted by Crippen LogP contribution is -2.22. The van der Waals surface area contributed by atoms with Crippen LogP contribution in [0.5, 0.6) is 0 Å². The monoisotopic (exact) mass is 430 g/mol. The summed E-state index contributed by atoms with van der Waals surface area (Å²) in [7, 11) is 3.52. The molecule has 30 heavy (non-hydrogen) atoms. The van der Waals surface area contributed by atoms with E-state index in [4.69, 9.17) is 0 Å². The van der Waals surface area contributed by atoms with Crippen LogP contribution in [0.3, 0.4) is 0 Å². The third-order valence-corrected chi connectivity index (χ3v) is 7.32. The molecular formula is C22H30N4O3S. The van der Waals surface area contributed by atoms with Gasteiger partial charge < -0.3 is 15.2 Å². The number of aromatic nitrogens is 1. The number of hydrogen-bond donors (Lipinski definition) is 2. The van der Waals surface area contributed by atoms with E-state index in [-0.39, 0.29) is 10.8 Å². The van der Waals surface area contributed by atoms with Gasteiger partial charge in [0.2, 0.25) is 10.0 Å². The molecule has 0 bridgehead atoms. The quantitative estimate of drug-likeness (QED) is 0.662. The molecule has 1 aromatic heterocycles. The van der Waals surface area contributed by atoms with E-state index in [2.05, 4.69) is 36.2 Å². The Balaban J connectivity index is 1.99. The predicted octanol–water partition coefficient (Wildman–Crippen LogP) is 2.87. The number of nitrogens with one attached hydrogen (secondary N) is 2. The molecule has 0 saturated heterocycles. The standard InChI is InChI=1S/C22H30N4O3S/c1-14-17(8-7-11-25(3)4)15(2)23-21(14)13-19-18-12-16(30(28,29)26(5)6)9-10-20(18)24-22(19)27/h9-10,12-13,23H,7-8,11H2,1-6H3,(H,24,27). The van der Waals surface area contributed by atoms with Crippen LogP contribution < -0.4 is 5.32 Å². The first-order valence-corrected chi connectivity index (χ1v) is 11.4. The second-order valence-corrected chi connectivity index (χ2v) is 10.3. The van der Waals surface area contributed by atoms with E-state index < -0.39 is 10.0 Å². The first kappa shape index (κ1) is 22.3. The Kier molecular flexibility index (Phi) is 6.21. The van der Waals surface area contributed by atoms with Crippen LogP contribution in [0.1, 0.15) is 34.5 Å². The summed E-state index contributed by atoms with van der Waals surface area (Å²) in [6.07, 6.45) is 3.84. The minimum atomic E-state index is -3.59. The molecule has 7 nitrogen and oxygen atoms in total. The highest BCUT2D eigenvalue weighted by Gasteiger charge is 2.28. The van der Waals surface area contributed by atoms with E-state index in [1.54, 1.807) is 12.1 Å². The summed E-state index contributed by atoms with van der Waals surface area (Å²) in [4.78, 5) is 18.3. The molecule has 0 aliphatic carbocycles. The van der Waals surface area contributed by atoms with E-state index in [0.717, 1.165) is 36.3 Å². The van der Waals surface area contributed by atoms with Gasteiger partial charge in [-0.05, 0) is 82.7 Å². The first-order valence-electron chi connectivity index (χ1n) is 9.95. The minimum Gasteiger partial charge on any atom is -0.359 e. The number of benzene rings is 1. The largest absolute Gasteiger partial charge is 0.359 e. The third kappa shape index (κ3) is 4.21. The van der Waals surface area contributed by atoms with Gasteiger partial charge in [-0.15, -0.1) is 0 Å². The lowest BCUT2D eigenvalue weighted by atomic mass is 10.0. The summed E-state index contributed by atoms with van der Waals surface area (Å²) in [5.74, 6) is -0.231. The van der Waals surface area contributed by atoms with Gasteiger partial charge in [-0.3, -0.25) is 4.79 Å². The van der Waals surface area contributed by atoms with Gasteiger partial charge in [0.1, 0.15) is 0 Å². The van der Waals surface area contributed by atoms with Gasteiger partial charge in [0.25, 0.3) is 5.91 Å². The van der Waals surface area contributed by atoms with E-state index in [1.165, 1.54) is 30.0 Å². The molecule has 1 amide bonds. The number of amides is 1. The number of rotatable bonds is 7. The normalized spacial score (nSPS) is 15.3. The third-order valence-electron chi connectivity index (χ3n) is 5.50. The molecule has 0 spiro atoms. The molecule has 0 atom stereocenters. The van der Waals surface area contributed by atoms with Crippen molar-refractivity contribution < 1.29 is 13.2 Å². The molecule has 0 unspecified atom stereocenters. The number of carbonyl (C=O) groups excluding carboxylic acids is 1. The Morgan fingerprint density at radius 1 is 1.10 bits per heavy atom. The van der Waals surface area contributed by atoms with Crippen LogP contribution >= 0.6 is 0 Å². The van der Waals surface area contributed by atoms with Crippen molar-refractivity contribution in [2.24, 2.45) is 0 Å². The second-order valence-electron chi connectivity index (χ2n) is 8.18. The second kappa shape index (κ2) is 8.37. The summed E-state index contributed by atoms with van der Waals surface area (Å²) in [5.41, 5.74) is 6.06. The number of H-pyrrole nitrogens is 1. The number of nitrogens with zero attached hydrogens (tertiary/aromatic N) is 2. The van der Waals surface area contributed by atoms with E-state index in [9.17, 15) is 13.2 Å². The Bertz CT molecular complexity index is 1110. The molecule has 1 aliphatic heterocycles. The SMILES string of the molecule is Cc1[nH]c(C=C2C(=O)Nc3ccc(S(=O)(=O)N(C)C)cc32)c(C)c1CCCN(C)C. The maximum absolute atomic E-state index is 12.6. The zero-order chi connectivity index (χ0) is 22.2. The van der Waals surface area contributed by atoms with E-state index >= 15 is 0 Å². The van der Waals surface area contributed by atoms with Crippen molar-refractivity contribution in [2.75, 3.05) is 40.1 Å². The maximum atomic E-state index is 12.6. The van der Waals surface area contributed by atoms with Crippen LogP contribution in [-0.2, 0) is 21.2 Å². The van der Waals surface area contributed by atoms with Crippen LogP contribution in [0.2, 0.25) is 0 Å². The van der Waals surface area contributed by atoms with Gasteiger partial charge in [-0.2, -0.15) is 0 Å². The van der Waals surface area contributed by atoms with Crippen molar-refractivity contribution in [2.45, 2.75) is 31.6 Å². The number of sulfonamides is 1. The smallest absolute Gasteiger partial charge is 0.256 e. The first-order chi connectivity index (χ1) is 14.0. The van der Waals surface area contributed by atoms with Gasteiger partial charge in [0.05, 0.1) is 10.5 Å². The highest BCUT2D eigenvalue weighted by molar-refractivity contribution is 7.89. The van der Waals surface area contributed by atoms with Gasteiger partial charge in [-0.1, -0.05) is 0 Å². The summed E-state index contributed by atoms with van der Waals surface area (Å²) in [6, 6.07) is 4.73. The van der Waals surface area contributed by atoms with Crippen molar-refractivity contribution in [1.82, 2.24) is 14.2 Å². The molecule has 2 aromatic rings. The van der Waals surface area contributed by atoms with Gasteiger partial charge >= 0.3 is 0 Å². The molecule has 3 rings (SSSR count). The Morgan fingerprint density at radius 3 is 2.43 bits per heavy atom. The summed E-state index contributed by atoms with van der Waals surface area (Å²) in [6.45, 7) is 5.12. The van der Waals surface area contributed by atoms with Crippen molar-refractivity contribution in [1.29, 1.82) is 0 Å². The van der Waals surface area contributed by atoms with E-state index in [1.807, 2.05) is 13.0 Å². The number of aromatic amines is 1. The Hall–Kier alpha value is -2.42. The van der Waals surface area contributed by atoms with E-state index in [0.29, 0.717) is 16.8 Å². The van der Waals surface area contributed by atoms with Crippen molar-refractivity contribution >= 4 is 33.3 Å². The summed E-state index contributed by atoms with van der Waals surface area (Å²) in [5, 5.41) is 2.83. The van der Waals surface area contributed by atoms with Crippen LogP contribution in [0, 0.1) is 13.8 Å². The van der Waals surface area contributed by atoms with Crippen LogP contribution in [-0.4, -0.2) is 63.2 Å². The van der Waals surface area contributed by atoms with Gasteiger partial charge in [0.15, 0.2) is 0 Å². The molecule has 1 aromatic carbocycles. The highest BCUT2D eigenvalue weighted by Crippen LogP contribution is 2.36. The Morgan fingerprint density at radius 2 is 1.80 bits per heavy atom. The topological polar surface area (TPSA) is 85.5 Å². The molecule has 0 radical (unpaired) electrons. The molecule has 1 aliphatic rings. The van der Waals surface area contributed by atoms with Crippen molar-refractivity contribution in [3.63, 3.8) is 0 Å². The summed E-state index contributed by atoms with van der Waals surface area (Å²) >= 11 is 0. The molecule has 2 heterocycles. The van der Waals surface area contributed by atoms with Crippen LogP contribution in [0.4, 0.5) is 5.69 Å². The number of fused-ring (bicyclic) bond motifs is 1. The van der Waals surface area contributed by atoms with Crippen LogP contribution in [0.15, 0.2) is 23.1 Å². The number of aryl methyl sites for hydroxylation is 1. The van der Waals surface area contributed by atoms with Crippen LogP contribution in [0.25, 0.3) is 11.6 Å². The molecule has 0 fully saturated rings. The predicted molar refractivity (Wildman–Crippen MR) is 121 cm³/mol. The molecule has 8 heteroatoms. The molecule has 162 valence electrons. The van der Waals surface area contributed by atoms with Gasteiger partial charge in [0, 0.05) is 36.7 Å². The lowest BCUT2D eigenvalue weighted by Gasteiger charge is -2.12. The molecule has 2 N–H and O–H groups in total. The van der Waals surface area contributed by atoms with Gasteiger partial charge in [-0.25, -0.2) is 12.7 Å². The average molecular weight is 431 g/mol. The average Bonchev–Trinajstić information content (AvgIpc) is 3.11.